The van der Waals surface area contributed by atoms with Crippen LogP contribution in [0, 0.1) is 5.92 Å². The molecule has 0 aliphatic carbocycles. The van der Waals surface area contributed by atoms with Crippen molar-refractivity contribution >= 4 is 25.6 Å². The Morgan fingerprint density at radius 3 is 2.06 bits per heavy atom. The van der Waals surface area contributed by atoms with E-state index in [1.807, 2.05) is 0 Å². The molecule has 0 aromatic rings. The van der Waals surface area contributed by atoms with Crippen molar-refractivity contribution in [1.82, 2.24) is 0 Å². The molecule has 0 aliphatic heterocycles. The minimum absolute atomic E-state index is 0.00745. The molecule has 0 bridgehead atoms. The fourth-order valence-corrected chi connectivity index (χ4v) is 3.58. The Morgan fingerprint density at radius 1 is 1.19 bits per heavy atom. The van der Waals surface area contributed by atoms with Gasteiger partial charge in [0.1, 0.15) is 9.84 Å². The van der Waals surface area contributed by atoms with E-state index in [9.17, 15) is 21.6 Å². The largest absolute Gasteiger partial charge is 0.481 e. The van der Waals surface area contributed by atoms with E-state index < -0.39 is 37.3 Å². The van der Waals surface area contributed by atoms with Gasteiger partial charge in [-0.25, -0.2) is 16.8 Å². The molecule has 0 rings (SSSR count). The third-order valence-electron chi connectivity index (χ3n) is 1.90. The summed E-state index contributed by atoms with van der Waals surface area (Å²) in [6, 6.07) is 0. The van der Waals surface area contributed by atoms with Crippen molar-refractivity contribution in [2.75, 3.05) is 23.5 Å². The van der Waals surface area contributed by atoms with Gasteiger partial charge in [0.05, 0.1) is 23.2 Å². The van der Waals surface area contributed by atoms with Crippen molar-refractivity contribution in [3.8, 4) is 0 Å². The summed E-state index contributed by atoms with van der Waals surface area (Å²) in [4.78, 5) is 10.4. The van der Waals surface area contributed by atoms with Crippen LogP contribution >= 0.6 is 0 Å². The number of aliphatic carboxylic acids is 1. The fourth-order valence-electron chi connectivity index (χ4n) is 1.08. The summed E-state index contributed by atoms with van der Waals surface area (Å²) in [5.41, 5.74) is 0. The Bertz CT molecular complexity index is 433. The lowest BCUT2D eigenvalue weighted by molar-refractivity contribution is -0.140. The number of carbonyl (C=O) groups is 1. The molecule has 0 aliphatic rings. The van der Waals surface area contributed by atoms with Crippen LogP contribution in [0.5, 0.6) is 0 Å². The molecule has 0 spiro atoms. The molecule has 1 N–H and O–H groups in total. The number of hydrogen-bond donors (Lipinski definition) is 1. The zero-order valence-corrected chi connectivity index (χ0v) is 10.8. The van der Waals surface area contributed by atoms with Gasteiger partial charge >= 0.3 is 5.97 Å². The summed E-state index contributed by atoms with van der Waals surface area (Å²) in [6.45, 7) is 1.30. The van der Waals surface area contributed by atoms with Gasteiger partial charge in [0, 0.05) is 6.26 Å². The third-order valence-corrected chi connectivity index (χ3v) is 4.84. The second-order valence-electron chi connectivity index (χ2n) is 3.84. The van der Waals surface area contributed by atoms with E-state index in [0.29, 0.717) is 0 Å². The minimum atomic E-state index is -3.49. The lowest BCUT2D eigenvalue weighted by Gasteiger charge is -2.07. The number of rotatable bonds is 7. The maximum Gasteiger partial charge on any atom is 0.307 e. The van der Waals surface area contributed by atoms with Crippen LogP contribution in [0.2, 0.25) is 0 Å². The van der Waals surface area contributed by atoms with Gasteiger partial charge in [-0.15, -0.1) is 0 Å². The van der Waals surface area contributed by atoms with Crippen LogP contribution in [0.4, 0.5) is 0 Å². The summed E-state index contributed by atoms with van der Waals surface area (Å²) in [5.74, 6) is -3.09. The summed E-state index contributed by atoms with van der Waals surface area (Å²) < 4.78 is 44.3. The lowest BCUT2D eigenvalue weighted by Crippen LogP contribution is -2.23. The van der Waals surface area contributed by atoms with Crippen molar-refractivity contribution in [3.05, 3.63) is 0 Å². The van der Waals surface area contributed by atoms with Crippen LogP contribution in [0.15, 0.2) is 0 Å². The van der Waals surface area contributed by atoms with E-state index in [0.717, 1.165) is 6.26 Å². The predicted octanol–water partition coefficient (Wildman–Crippen LogP) is -0.443. The lowest BCUT2D eigenvalue weighted by atomic mass is 10.2. The Hall–Kier alpha value is -0.630. The number of carboxylic acid groups (broad SMARTS) is 1. The first-order valence-electron chi connectivity index (χ1n) is 4.64. The molecule has 0 aromatic heterocycles. The van der Waals surface area contributed by atoms with Gasteiger partial charge in [0.25, 0.3) is 0 Å². The summed E-state index contributed by atoms with van der Waals surface area (Å²) in [6.07, 6.45) is 1.03. The maximum absolute atomic E-state index is 11.4. The van der Waals surface area contributed by atoms with Crippen LogP contribution < -0.4 is 0 Å². The van der Waals surface area contributed by atoms with Crippen LogP contribution in [0.1, 0.15) is 13.3 Å². The molecule has 0 aromatic carbocycles. The van der Waals surface area contributed by atoms with E-state index in [1.165, 1.54) is 6.92 Å². The third kappa shape index (κ3) is 7.63. The quantitative estimate of drug-likeness (QED) is 0.673. The van der Waals surface area contributed by atoms with Crippen LogP contribution in [-0.4, -0.2) is 51.4 Å². The summed E-state index contributed by atoms with van der Waals surface area (Å²) in [5, 5.41) is 8.54. The van der Waals surface area contributed by atoms with Crippen molar-refractivity contribution in [2.45, 2.75) is 13.3 Å². The van der Waals surface area contributed by atoms with E-state index in [2.05, 4.69) is 0 Å². The molecule has 1 atom stereocenters. The average molecular weight is 272 g/mol. The molecule has 8 heteroatoms. The molecular weight excluding hydrogens is 256 g/mol. The molecule has 0 saturated heterocycles. The first-order valence-corrected chi connectivity index (χ1v) is 8.52. The van der Waals surface area contributed by atoms with E-state index in [1.54, 1.807) is 0 Å². The fraction of sp³-hybridized carbons (Fsp3) is 0.875. The summed E-state index contributed by atoms with van der Waals surface area (Å²) in [7, 11) is -6.67. The SMILES string of the molecule is CC(CS(=O)(=O)CCCS(C)(=O)=O)C(=O)O. The van der Waals surface area contributed by atoms with E-state index in [4.69, 9.17) is 5.11 Å². The van der Waals surface area contributed by atoms with Gasteiger partial charge in [-0.05, 0) is 6.42 Å². The topological polar surface area (TPSA) is 106 Å². The second kappa shape index (κ2) is 5.62. The first-order chi connectivity index (χ1) is 7.03. The monoisotopic (exact) mass is 272 g/mol. The van der Waals surface area contributed by atoms with Gasteiger partial charge in [-0.1, -0.05) is 6.92 Å². The zero-order chi connectivity index (χ0) is 13.0. The van der Waals surface area contributed by atoms with Gasteiger partial charge in [-0.3, -0.25) is 4.79 Å². The van der Waals surface area contributed by atoms with Gasteiger partial charge in [0.15, 0.2) is 9.84 Å². The highest BCUT2D eigenvalue weighted by atomic mass is 32.2. The Balaban J connectivity index is 4.22. The van der Waals surface area contributed by atoms with Crippen molar-refractivity contribution in [2.24, 2.45) is 5.92 Å². The molecule has 0 amide bonds. The zero-order valence-electron chi connectivity index (χ0n) is 9.21. The Kier molecular flexibility index (Phi) is 5.40. The molecule has 6 nitrogen and oxygen atoms in total. The van der Waals surface area contributed by atoms with Crippen molar-refractivity contribution < 1.29 is 26.7 Å². The molecule has 0 fully saturated rings. The highest BCUT2D eigenvalue weighted by Crippen LogP contribution is 2.04. The maximum atomic E-state index is 11.4. The average Bonchev–Trinajstić information content (AvgIpc) is 1.99. The molecule has 96 valence electrons. The minimum Gasteiger partial charge on any atom is -0.481 e. The molecule has 1 unspecified atom stereocenters. The van der Waals surface area contributed by atoms with Gasteiger partial charge in [-0.2, -0.15) is 0 Å². The molecular formula is C8H16O6S2. The molecule has 0 saturated carbocycles. The molecule has 0 heterocycles. The summed E-state index contributed by atoms with van der Waals surface area (Å²) >= 11 is 0. The first kappa shape index (κ1) is 15.4. The standard InChI is InChI=1S/C8H16O6S2/c1-7(8(9)10)6-16(13,14)5-3-4-15(2,11)12/h7H,3-6H2,1-2H3,(H,9,10). The highest BCUT2D eigenvalue weighted by Gasteiger charge is 2.21. The predicted molar refractivity (Wildman–Crippen MR) is 59.8 cm³/mol. The normalized spacial score (nSPS) is 14.6. The van der Waals surface area contributed by atoms with E-state index >= 15 is 0 Å². The Morgan fingerprint density at radius 2 is 1.69 bits per heavy atom. The van der Waals surface area contributed by atoms with Crippen LogP contribution in [0.3, 0.4) is 0 Å². The highest BCUT2D eigenvalue weighted by molar-refractivity contribution is 7.92. The second-order valence-corrected chi connectivity index (χ2v) is 8.33. The van der Waals surface area contributed by atoms with Crippen LogP contribution in [0.25, 0.3) is 0 Å². The molecule has 16 heavy (non-hydrogen) atoms. The smallest absolute Gasteiger partial charge is 0.307 e. The van der Waals surface area contributed by atoms with Crippen molar-refractivity contribution in [3.63, 3.8) is 0 Å². The Labute approximate surface area is 95.5 Å². The number of sulfone groups is 2. The van der Waals surface area contributed by atoms with Crippen LogP contribution in [-0.2, 0) is 24.5 Å². The molecule has 0 radical (unpaired) electrons. The van der Waals surface area contributed by atoms with E-state index in [-0.39, 0.29) is 17.9 Å². The van der Waals surface area contributed by atoms with Gasteiger partial charge < -0.3 is 5.11 Å². The van der Waals surface area contributed by atoms with Gasteiger partial charge in [0.2, 0.25) is 0 Å². The number of carboxylic acids is 1. The van der Waals surface area contributed by atoms with Crippen molar-refractivity contribution in [1.29, 1.82) is 0 Å². The number of hydrogen-bond acceptors (Lipinski definition) is 5.